The number of hydrogen-bond acceptors (Lipinski definition) is 9. The van der Waals surface area contributed by atoms with Crippen LogP contribution >= 0.6 is 11.8 Å². The van der Waals surface area contributed by atoms with E-state index in [1.807, 2.05) is 18.2 Å². The third-order valence-corrected chi connectivity index (χ3v) is 6.41. The molecule has 2 aliphatic rings. The Labute approximate surface area is 194 Å². The van der Waals surface area contributed by atoms with Crippen LogP contribution in [0.25, 0.3) is 0 Å². The summed E-state index contributed by atoms with van der Waals surface area (Å²) in [6.07, 6.45) is 3.42. The van der Waals surface area contributed by atoms with Crippen molar-refractivity contribution in [2.45, 2.75) is 25.0 Å². The summed E-state index contributed by atoms with van der Waals surface area (Å²) in [5.74, 6) is -2.16. The molecule has 33 heavy (non-hydrogen) atoms. The van der Waals surface area contributed by atoms with Crippen LogP contribution in [-0.4, -0.2) is 51.6 Å². The van der Waals surface area contributed by atoms with E-state index in [2.05, 4.69) is 25.7 Å². The Kier molecular flexibility index (Phi) is 6.40. The van der Waals surface area contributed by atoms with Crippen LogP contribution in [0.2, 0.25) is 0 Å². The molecule has 0 aromatic heterocycles. The Morgan fingerprint density at radius 3 is 2.67 bits per heavy atom. The van der Waals surface area contributed by atoms with Crippen LogP contribution in [0.3, 0.4) is 0 Å². The van der Waals surface area contributed by atoms with E-state index in [1.165, 1.54) is 25.3 Å². The number of anilines is 2. The number of thioether (sulfide) groups is 1. The number of amidine groups is 1. The number of amides is 2. The number of phenols is 3. The van der Waals surface area contributed by atoms with E-state index in [1.54, 1.807) is 0 Å². The van der Waals surface area contributed by atoms with Crippen LogP contribution < -0.4 is 15.5 Å². The first kappa shape index (κ1) is 22.5. The zero-order valence-corrected chi connectivity index (χ0v) is 18.6. The van der Waals surface area contributed by atoms with Crippen LogP contribution in [0.4, 0.5) is 11.4 Å². The maximum Gasteiger partial charge on any atom is 0.244 e. The normalized spacial score (nSPS) is 19.4. The van der Waals surface area contributed by atoms with Crippen LogP contribution in [0.15, 0.2) is 40.5 Å². The van der Waals surface area contributed by atoms with Gasteiger partial charge in [-0.25, -0.2) is 0 Å². The van der Waals surface area contributed by atoms with Gasteiger partial charge in [-0.05, 0) is 43.2 Å². The topological polar surface area (TPSA) is 147 Å². The second-order valence-electron chi connectivity index (χ2n) is 7.65. The predicted molar refractivity (Wildman–Crippen MR) is 127 cm³/mol. The lowest BCUT2D eigenvalue weighted by Crippen LogP contribution is -2.23. The van der Waals surface area contributed by atoms with Crippen molar-refractivity contribution in [3.63, 3.8) is 0 Å². The molecule has 2 aromatic rings. The van der Waals surface area contributed by atoms with E-state index in [0.717, 1.165) is 43.4 Å². The second kappa shape index (κ2) is 9.41. The third kappa shape index (κ3) is 4.87. The van der Waals surface area contributed by atoms with Gasteiger partial charge >= 0.3 is 0 Å². The summed E-state index contributed by atoms with van der Waals surface area (Å²) in [5, 5.41) is 41.8. The van der Waals surface area contributed by atoms with E-state index in [9.17, 15) is 24.9 Å². The highest BCUT2D eigenvalue weighted by Crippen LogP contribution is 2.40. The lowest BCUT2D eigenvalue weighted by atomic mass is 10.1. The highest BCUT2D eigenvalue weighted by Gasteiger charge is 2.34. The molecule has 2 fully saturated rings. The minimum atomic E-state index is -0.654. The molecule has 1 atom stereocenters. The highest BCUT2D eigenvalue weighted by atomic mass is 32.2. The van der Waals surface area contributed by atoms with Crippen molar-refractivity contribution < 1.29 is 24.9 Å². The summed E-state index contributed by atoms with van der Waals surface area (Å²) in [7, 11) is 0. The zero-order valence-electron chi connectivity index (χ0n) is 17.8. The first-order valence-corrected chi connectivity index (χ1v) is 11.2. The van der Waals surface area contributed by atoms with Gasteiger partial charge in [0.1, 0.15) is 5.25 Å². The number of aromatic hydroxyl groups is 3. The third-order valence-electron chi connectivity index (χ3n) is 5.30. The molecule has 2 amide bonds. The van der Waals surface area contributed by atoms with Crippen molar-refractivity contribution in [2.24, 2.45) is 10.2 Å². The number of nitrogens with zero attached hydrogens (tertiary/aromatic N) is 3. The molecule has 2 saturated heterocycles. The highest BCUT2D eigenvalue weighted by molar-refractivity contribution is 8.15. The predicted octanol–water partition coefficient (Wildman–Crippen LogP) is 2.66. The van der Waals surface area contributed by atoms with Crippen molar-refractivity contribution in [1.29, 1.82) is 0 Å². The Hall–Kier alpha value is -3.73. The molecule has 4 rings (SSSR count). The van der Waals surface area contributed by atoms with Gasteiger partial charge in [0.15, 0.2) is 16.7 Å². The van der Waals surface area contributed by atoms with Gasteiger partial charge in [-0.2, -0.15) is 5.10 Å². The molecule has 1 unspecified atom stereocenters. The van der Waals surface area contributed by atoms with E-state index in [4.69, 9.17) is 0 Å². The summed E-state index contributed by atoms with van der Waals surface area (Å²) >= 11 is 1.16. The van der Waals surface area contributed by atoms with Gasteiger partial charge in [0.2, 0.25) is 17.6 Å². The van der Waals surface area contributed by atoms with E-state index < -0.39 is 22.5 Å². The number of rotatable bonds is 5. The van der Waals surface area contributed by atoms with Gasteiger partial charge in [0, 0.05) is 42.5 Å². The minimum absolute atomic E-state index is 0.145. The largest absolute Gasteiger partial charge is 0.504 e. The van der Waals surface area contributed by atoms with Crippen molar-refractivity contribution in [3.8, 4) is 17.2 Å². The van der Waals surface area contributed by atoms with Crippen molar-refractivity contribution in [1.82, 2.24) is 5.32 Å². The second-order valence-corrected chi connectivity index (χ2v) is 8.75. The average Bonchev–Trinajstić information content (AvgIpc) is 3.44. The molecule has 0 saturated carbocycles. The Morgan fingerprint density at radius 2 is 1.94 bits per heavy atom. The van der Waals surface area contributed by atoms with Crippen LogP contribution in [0.1, 0.15) is 36.1 Å². The summed E-state index contributed by atoms with van der Waals surface area (Å²) in [6.45, 7) is 3.31. The molecule has 5 N–H and O–H groups in total. The van der Waals surface area contributed by atoms with Gasteiger partial charge in [-0.3, -0.25) is 9.59 Å². The van der Waals surface area contributed by atoms with Gasteiger partial charge < -0.3 is 30.9 Å². The Balaban J connectivity index is 1.57. The lowest BCUT2D eigenvalue weighted by Gasteiger charge is -2.21. The molecule has 2 aromatic carbocycles. The summed E-state index contributed by atoms with van der Waals surface area (Å²) in [6, 6.07) is 8.25. The van der Waals surface area contributed by atoms with Crippen molar-refractivity contribution in [3.05, 3.63) is 41.5 Å². The first-order chi connectivity index (χ1) is 15.8. The molecule has 172 valence electrons. The Morgan fingerprint density at radius 1 is 1.18 bits per heavy atom. The van der Waals surface area contributed by atoms with Crippen LogP contribution in [0, 0.1) is 0 Å². The van der Waals surface area contributed by atoms with Crippen molar-refractivity contribution in [2.75, 3.05) is 23.3 Å². The summed E-state index contributed by atoms with van der Waals surface area (Å²) in [5.41, 5.74) is 2.38. The number of carbonyl (C=O) groups is 2. The molecule has 0 aliphatic carbocycles. The lowest BCUT2D eigenvalue weighted by molar-refractivity contribution is -0.119. The van der Waals surface area contributed by atoms with Gasteiger partial charge in [-0.1, -0.05) is 11.8 Å². The standard InChI is InChI=1S/C22H23N5O5S/c1-12(28)24-16-6-5-14(27-8-2-3-9-27)10-15(16)20-21(32)25-22(33-20)26-23-11-13-4-7-17(29)19(31)18(13)30/h4-7,10-11,20,29-31H,2-3,8-9H2,1H3,(H,24,28)(H,25,26,32)/b23-11+. The smallest absolute Gasteiger partial charge is 0.244 e. The van der Waals surface area contributed by atoms with Gasteiger partial charge in [0.05, 0.1) is 6.21 Å². The average molecular weight is 470 g/mol. The van der Waals surface area contributed by atoms with Crippen molar-refractivity contribution >= 4 is 46.3 Å². The SMILES string of the molecule is CC(=O)Nc1ccc(N2CCCC2)cc1C1S/C(=N\N=C\c2ccc(O)c(O)c2O)NC1=O. The van der Waals surface area contributed by atoms with Gasteiger partial charge in [-0.15, -0.1) is 5.10 Å². The molecule has 2 aliphatic heterocycles. The molecular formula is C22H23N5O5S. The molecule has 11 heteroatoms. The summed E-state index contributed by atoms with van der Waals surface area (Å²) in [4.78, 5) is 26.7. The molecule has 2 heterocycles. The molecular weight excluding hydrogens is 446 g/mol. The maximum atomic E-state index is 12.7. The van der Waals surface area contributed by atoms with E-state index in [0.29, 0.717) is 11.3 Å². The van der Waals surface area contributed by atoms with Gasteiger partial charge in [0.25, 0.3) is 0 Å². The number of phenolic OH excluding ortho intramolecular Hbond substituents is 3. The Bertz CT molecular complexity index is 1160. The fourth-order valence-corrected chi connectivity index (χ4v) is 4.66. The number of benzene rings is 2. The number of carbonyl (C=O) groups excluding carboxylic acids is 2. The maximum absolute atomic E-state index is 12.7. The van der Waals surface area contributed by atoms with Crippen LogP contribution in [0.5, 0.6) is 17.2 Å². The van der Waals surface area contributed by atoms with Crippen LogP contribution in [-0.2, 0) is 9.59 Å². The molecule has 0 bridgehead atoms. The molecule has 10 nitrogen and oxygen atoms in total. The fraction of sp³-hybridized carbons (Fsp3) is 0.273. The summed E-state index contributed by atoms with van der Waals surface area (Å²) < 4.78 is 0. The zero-order chi connectivity index (χ0) is 23.5. The monoisotopic (exact) mass is 469 g/mol. The molecule has 0 radical (unpaired) electrons. The quantitative estimate of drug-likeness (QED) is 0.257. The number of nitrogens with one attached hydrogen (secondary N) is 2. The van der Waals surface area contributed by atoms with E-state index in [-0.39, 0.29) is 22.5 Å². The number of hydrogen-bond donors (Lipinski definition) is 5. The first-order valence-electron chi connectivity index (χ1n) is 10.3. The fourth-order valence-electron chi connectivity index (χ4n) is 3.69. The molecule has 0 spiro atoms. The van der Waals surface area contributed by atoms with E-state index >= 15 is 0 Å². The minimum Gasteiger partial charge on any atom is -0.504 e.